The minimum absolute atomic E-state index is 0.545. The van der Waals surface area contributed by atoms with E-state index in [-0.39, 0.29) is 0 Å². The predicted octanol–water partition coefficient (Wildman–Crippen LogP) is 1.91. The van der Waals surface area contributed by atoms with E-state index >= 15 is 0 Å². The molecule has 0 radical (unpaired) electrons. The Hall–Kier alpha value is -1.30. The fourth-order valence-corrected chi connectivity index (χ4v) is 1.66. The minimum atomic E-state index is -1.09. The van der Waals surface area contributed by atoms with Gasteiger partial charge in [0, 0.05) is 0 Å². The van der Waals surface area contributed by atoms with E-state index in [1.807, 2.05) is 0 Å². The van der Waals surface area contributed by atoms with Gasteiger partial charge in [-0.2, -0.15) is 0 Å². The molecule has 0 spiro atoms. The average Bonchev–Trinajstić information content (AvgIpc) is 2.21. The number of rotatable bonds is 5. The first-order chi connectivity index (χ1) is 7.56. The van der Waals surface area contributed by atoms with E-state index in [2.05, 4.69) is 0 Å². The van der Waals surface area contributed by atoms with Crippen molar-refractivity contribution in [3.63, 3.8) is 0 Å². The molecule has 3 nitrogen and oxygen atoms in total. The Labute approximate surface area is 96.0 Å². The Morgan fingerprint density at radius 1 is 1.50 bits per heavy atom. The molecule has 0 heterocycles. The fraction of sp³-hybridized carbons (Fsp3) is 0.300. The van der Waals surface area contributed by atoms with Crippen molar-refractivity contribution in [3.05, 3.63) is 29.8 Å². The summed E-state index contributed by atoms with van der Waals surface area (Å²) >= 11 is 1.07. The van der Waals surface area contributed by atoms with E-state index in [0.29, 0.717) is 5.75 Å². The van der Waals surface area contributed by atoms with Gasteiger partial charge >= 0.3 is 0 Å². The molecule has 0 fully saturated rings. The first-order valence-corrected chi connectivity index (χ1v) is 5.62. The first kappa shape index (κ1) is 12.8. The molecule has 1 unspecified atom stereocenters. The molecule has 0 aliphatic heterocycles. The van der Waals surface area contributed by atoms with E-state index in [9.17, 15) is 13.6 Å². The molecule has 1 amide bonds. The molecule has 0 saturated carbocycles. The maximum atomic E-state index is 13.2. The number of halogens is 2. The maximum absolute atomic E-state index is 13.2. The minimum Gasteiger partial charge on any atom is -0.464 e. The molecule has 88 valence electrons. The Bertz CT molecular complexity index is 367. The third-order valence-electron chi connectivity index (χ3n) is 1.69. The molecule has 0 aliphatic carbocycles. The molecule has 0 aromatic heterocycles. The standard InChI is InChI=1S/C10H11F2NO2S/c1-2-16-10(9(13)14)15-8-6(11)4-3-5-7(8)12/h3-5,10H,2H2,1H3,(H2,13,14). The summed E-state index contributed by atoms with van der Waals surface area (Å²) in [5.74, 6) is -2.52. The highest BCUT2D eigenvalue weighted by molar-refractivity contribution is 8.00. The van der Waals surface area contributed by atoms with Crippen LogP contribution in [0.15, 0.2) is 18.2 Å². The Kier molecular flexibility index (Phi) is 4.54. The van der Waals surface area contributed by atoms with Crippen molar-refractivity contribution >= 4 is 17.7 Å². The van der Waals surface area contributed by atoms with Crippen LogP contribution in [0.4, 0.5) is 8.78 Å². The molecule has 0 saturated heterocycles. The summed E-state index contributed by atoms with van der Waals surface area (Å²) < 4.78 is 31.3. The van der Waals surface area contributed by atoms with Gasteiger partial charge in [0.15, 0.2) is 17.4 Å². The van der Waals surface area contributed by atoms with Gasteiger partial charge in [0.2, 0.25) is 5.44 Å². The Morgan fingerprint density at radius 2 is 2.06 bits per heavy atom. The molecule has 1 aromatic carbocycles. The second-order valence-corrected chi connectivity index (χ2v) is 4.20. The molecular formula is C10H11F2NO2S. The van der Waals surface area contributed by atoms with Crippen molar-refractivity contribution in [3.8, 4) is 5.75 Å². The molecule has 6 heteroatoms. The molecule has 16 heavy (non-hydrogen) atoms. The van der Waals surface area contributed by atoms with Gasteiger partial charge in [0.25, 0.3) is 5.91 Å². The summed E-state index contributed by atoms with van der Waals surface area (Å²) in [6.45, 7) is 1.78. The lowest BCUT2D eigenvalue weighted by Gasteiger charge is -2.15. The third kappa shape index (κ3) is 3.10. The summed E-state index contributed by atoms with van der Waals surface area (Å²) in [6.07, 6.45) is 0. The van der Waals surface area contributed by atoms with E-state index in [1.54, 1.807) is 6.92 Å². The Balaban J connectivity index is 2.89. The van der Waals surface area contributed by atoms with Crippen molar-refractivity contribution in [1.29, 1.82) is 0 Å². The number of thioether (sulfide) groups is 1. The lowest BCUT2D eigenvalue weighted by atomic mass is 10.3. The zero-order valence-corrected chi connectivity index (χ0v) is 9.39. The highest BCUT2D eigenvalue weighted by Crippen LogP contribution is 2.24. The molecule has 1 rings (SSSR count). The number of para-hydroxylation sites is 1. The maximum Gasteiger partial charge on any atom is 0.269 e. The second-order valence-electron chi connectivity index (χ2n) is 2.86. The monoisotopic (exact) mass is 247 g/mol. The van der Waals surface area contributed by atoms with Gasteiger partial charge in [-0.15, -0.1) is 11.8 Å². The second kappa shape index (κ2) is 5.69. The lowest BCUT2D eigenvalue weighted by Crippen LogP contribution is -2.31. The summed E-state index contributed by atoms with van der Waals surface area (Å²) in [5, 5.41) is 0. The average molecular weight is 247 g/mol. The van der Waals surface area contributed by atoms with Crippen LogP contribution in [0, 0.1) is 11.6 Å². The van der Waals surface area contributed by atoms with Crippen molar-refractivity contribution in [2.45, 2.75) is 12.4 Å². The van der Waals surface area contributed by atoms with Crippen LogP contribution in [-0.2, 0) is 4.79 Å². The number of hydrogen-bond donors (Lipinski definition) is 1. The number of nitrogens with two attached hydrogens (primary N) is 1. The van der Waals surface area contributed by atoms with Gasteiger partial charge in [-0.25, -0.2) is 8.78 Å². The number of amides is 1. The van der Waals surface area contributed by atoms with Crippen molar-refractivity contribution in [2.24, 2.45) is 5.73 Å². The molecule has 2 N–H and O–H groups in total. The smallest absolute Gasteiger partial charge is 0.269 e. The zero-order valence-electron chi connectivity index (χ0n) is 8.57. The third-order valence-corrected chi connectivity index (χ3v) is 2.66. The molecule has 0 aliphatic rings. The number of ether oxygens (including phenoxy) is 1. The molecular weight excluding hydrogens is 236 g/mol. The number of benzene rings is 1. The molecule has 1 aromatic rings. The fourth-order valence-electron chi connectivity index (χ4n) is 1.03. The summed E-state index contributed by atoms with van der Waals surface area (Å²) in [4.78, 5) is 10.9. The van der Waals surface area contributed by atoms with Crippen molar-refractivity contribution in [2.75, 3.05) is 5.75 Å². The molecule has 1 atom stereocenters. The topological polar surface area (TPSA) is 52.3 Å². The van der Waals surface area contributed by atoms with E-state index in [4.69, 9.17) is 10.5 Å². The van der Waals surface area contributed by atoms with Gasteiger partial charge in [-0.1, -0.05) is 13.0 Å². The van der Waals surface area contributed by atoms with Crippen LogP contribution >= 0.6 is 11.8 Å². The number of primary amides is 1. The zero-order chi connectivity index (χ0) is 12.1. The first-order valence-electron chi connectivity index (χ1n) is 4.57. The van der Waals surface area contributed by atoms with Gasteiger partial charge in [0.05, 0.1) is 0 Å². The number of hydrogen-bond acceptors (Lipinski definition) is 3. The highest BCUT2D eigenvalue weighted by atomic mass is 32.2. The number of carbonyl (C=O) groups excluding carboxylic acids is 1. The summed E-state index contributed by atoms with van der Waals surface area (Å²) in [7, 11) is 0. The van der Waals surface area contributed by atoms with Crippen LogP contribution in [0.25, 0.3) is 0 Å². The quantitative estimate of drug-likeness (QED) is 0.809. The SMILES string of the molecule is CCSC(Oc1c(F)cccc1F)C(N)=O. The van der Waals surface area contributed by atoms with E-state index in [1.165, 1.54) is 6.07 Å². The van der Waals surface area contributed by atoms with Crippen molar-refractivity contribution < 1.29 is 18.3 Å². The van der Waals surface area contributed by atoms with Crippen LogP contribution < -0.4 is 10.5 Å². The molecule has 0 bridgehead atoms. The predicted molar refractivity (Wildman–Crippen MR) is 58.1 cm³/mol. The largest absolute Gasteiger partial charge is 0.464 e. The number of carbonyl (C=O) groups is 1. The van der Waals surface area contributed by atoms with Crippen LogP contribution in [0.1, 0.15) is 6.92 Å². The van der Waals surface area contributed by atoms with Crippen molar-refractivity contribution in [1.82, 2.24) is 0 Å². The van der Waals surface area contributed by atoms with Gasteiger partial charge in [-0.05, 0) is 17.9 Å². The van der Waals surface area contributed by atoms with Crippen LogP contribution in [-0.4, -0.2) is 17.1 Å². The lowest BCUT2D eigenvalue weighted by molar-refractivity contribution is -0.121. The summed E-state index contributed by atoms with van der Waals surface area (Å²) in [5.41, 5.74) is 3.95. The van der Waals surface area contributed by atoms with E-state index < -0.39 is 28.7 Å². The normalized spacial score (nSPS) is 12.2. The van der Waals surface area contributed by atoms with Gasteiger partial charge in [-0.3, -0.25) is 4.79 Å². The van der Waals surface area contributed by atoms with Gasteiger partial charge < -0.3 is 10.5 Å². The van der Waals surface area contributed by atoms with E-state index in [0.717, 1.165) is 23.9 Å². The van der Waals surface area contributed by atoms with Crippen LogP contribution in [0.3, 0.4) is 0 Å². The van der Waals surface area contributed by atoms with Gasteiger partial charge in [0.1, 0.15) is 0 Å². The Morgan fingerprint density at radius 3 is 2.50 bits per heavy atom. The van der Waals surface area contributed by atoms with Crippen LogP contribution in [0.2, 0.25) is 0 Å². The highest BCUT2D eigenvalue weighted by Gasteiger charge is 2.20. The van der Waals surface area contributed by atoms with Crippen LogP contribution in [0.5, 0.6) is 5.75 Å². The summed E-state index contributed by atoms with van der Waals surface area (Å²) in [6, 6.07) is 3.31.